The van der Waals surface area contributed by atoms with Crippen LogP contribution in [0.4, 0.5) is 11.4 Å². The monoisotopic (exact) mass is 317 g/mol. The van der Waals surface area contributed by atoms with E-state index in [-0.39, 0.29) is 17.7 Å². The number of methoxy groups -OCH3 is 1. The number of hydrogen-bond donors (Lipinski definition) is 2. The van der Waals surface area contributed by atoms with Crippen LogP contribution >= 0.6 is 0 Å². The molecule has 1 aromatic carbocycles. The summed E-state index contributed by atoms with van der Waals surface area (Å²) in [5, 5.41) is 6.20. The van der Waals surface area contributed by atoms with Crippen LogP contribution in [-0.4, -0.2) is 38.6 Å². The van der Waals surface area contributed by atoms with Gasteiger partial charge >= 0.3 is 0 Å². The lowest BCUT2D eigenvalue weighted by Gasteiger charge is -2.23. The molecule has 2 heterocycles. The van der Waals surface area contributed by atoms with Crippen molar-refractivity contribution in [2.75, 3.05) is 37.0 Å². The van der Waals surface area contributed by atoms with Gasteiger partial charge in [-0.25, -0.2) is 0 Å². The summed E-state index contributed by atoms with van der Waals surface area (Å²) < 4.78 is 5.42. The number of rotatable bonds is 4. The van der Waals surface area contributed by atoms with Gasteiger partial charge in [-0.3, -0.25) is 9.59 Å². The molecule has 0 spiro atoms. The highest BCUT2D eigenvalue weighted by Crippen LogP contribution is 2.34. The Balaban J connectivity index is 1.73. The summed E-state index contributed by atoms with van der Waals surface area (Å²) in [5.74, 6) is 0.770. The third-order valence-electron chi connectivity index (χ3n) is 4.48. The summed E-state index contributed by atoms with van der Waals surface area (Å²) in [4.78, 5) is 26.0. The maximum atomic E-state index is 12.3. The van der Waals surface area contributed by atoms with Crippen LogP contribution in [0.25, 0.3) is 0 Å². The van der Waals surface area contributed by atoms with E-state index in [0.29, 0.717) is 24.4 Å². The molecule has 23 heavy (non-hydrogen) atoms. The molecular weight excluding hydrogens is 294 g/mol. The minimum Gasteiger partial charge on any atom is -0.494 e. The standard InChI is InChI=1S/C17H23N3O3/c1-23-15-10-13(19-17(22)12-4-2-8-18-11-12)6-7-14(15)20-9-3-5-16(20)21/h6-7,10,12,18H,2-5,8-9,11H2,1H3,(H,19,22)/t12-/m1/s1. The van der Waals surface area contributed by atoms with Gasteiger partial charge in [0.2, 0.25) is 11.8 Å². The quantitative estimate of drug-likeness (QED) is 0.888. The Kier molecular flexibility index (Phi) is 4.81. The molecule has 0 aromatic heterocycles. The molecule has 2 aliphatic rings. The van der Waals surface area contributed by atoms with Crippen molar-refractivity contribution in [2.24, 2.45) is 5.92 Å². The molecule has 0 aliphatic carbocycles. The molecule has 1 aromatic rings. The Morgan fingerprint density at radius 2 is 2.26 bits per heavy atom. The van der Waals surface area contributed by atoms with E-state index < -0.39 is 0 Å². The fourth-order valence-electron chi connectivity index (χ4n) is 3.20. The van der Waals surface area contributed by atoms with Crippen LogP contribution in [0, 0.1) is 5.92 Å². The van der Waals surface area contributed by atoms with Gasteiger partial charge in [-0.15, -0.1) is 0 Å². The third kappa shape index (κ3) is 3.47. The Morgan fingerprint density at radius 1 is 1.39 bits per heavy atom. The number of nitrogens with zero attached hydrogens (tertiary/aromatic N) is 1. The van der Waals surface area contributed by atoms with Crippen molar-refractivity contribution in [1.29, 1.82) is 0 Å². The predicted molar refractivity (Wildman–Crippen MR) is 88.8 cm³/mol. The first-order valence-corrected chi connectivity index (χ1v) is 8.19. The first kappa shape index (κ1) is 15.8. The minimum atomic E-state index is 0.00887. The van der Waals surface area contributed by atoms with Crippen LogP contribution in [0.15, 0.2) is 18.2 Å². The van der Waals surface area contributed by atoms with E-state index in [1.165, 1.54) is 0 Å². The summed E-state index contributed by atoms with van der Waals surface area (Å²) in [6.45, 7) is 2.42. The highest BCUT2D eigenvalue weighted by atomic mass is 16.5. The molecule has 2 N–H and O–H groups in total. The number of anilines is 2. The molecular formula is C17H23N3O3. The number of carbonyl (C=O) groups is 2. The van der Waals surface area contributed by atoms with Gasteiger partial charge in [0.15, 0.2) is 0 Å². The molecule has 6 heteroatoms. The second-order valence-electron chi connectivity index (χ2n) is 6.07. The lowest BCUT2D eigenvalue weighted by molar-refractivity contribution is -0.120. The number of piperidine rings is 1. The van der Waals surface area contributed by atoms with Gasteiger partial charge in [-0.1, -0.05) is 0 Å². The average molecular weight is 317 g/mol. The fraction of sp³-hybridized carbons (Fsp3) is 0.529. The van der Waals surface area contributed by atoms with Crippen molar-refractivity contribution in [1.82, 2.24) is 5.32 Å². The number of nitrogens with one attached hydrogen (secondary N) is 2. The summed E-state index contributed by atoms with van der Waals surface area (Å²) >= 11 is 0. The number of ether oxygens (including phenoxy) is 1. The highest BCUT2D eigenvalue weighted by Gasteiger charge is 2.25. The van der Waals surface area contributed by atoms with Crippen LogP contribution < -0.4 is 20.3 Å². The molecule has 1 atom stereocenters. The number of carbonyl (C=O) groups excluding carboxylic acids is 2. The molecule has 2 saturated heterocycles. The van der Waals surface area contributed by atoms with Gasteiger partial charge in [0.05, 0.1) is 18.7 Å². The zero-order valence-electron chi connectivity index (χ0n) is 13.4. The van der Waals surface area contributed by atoms with Gasteiger partial charge in [-0.05, 0) is 37.9 Å². The Bertz CT molecular complexity index is 597. The first-order valence-electron chi connectivity index (χ1n) is 8.19. The summed E-state index contributed by atoms with van der Waals surface area (Å²) in [6, 6.07) is 5.46. The molecule has 0 unspecified atom stereocenters. The second-order valence-corrected chi connectivity index (χ2v) is 6.07. The highest BCUT2D eigenvalue weighted by molar-refractivity contribution is 5.98. The van der Waals surface area contributed by atoms with Crippen molar-refractivity contribution in [3.8, 4) is 5.75 Å². The van der Waals surface area contributed by atoms with Gasteiger partial charge in [-0.2, -0.15) is 0 Å². The maximum Gasteiger partial charge on any atom is 0.228 e. The molecule has 3 rings (SSSR count). The van der Waals surface area contributed by atoms with E-state index in [2.05, 4.69) is 10.6 Å². The van der Waals surface area contributed by atoms with E-state index in [9.17, 15) is 9.59 Å². The fourth-order valence-corrected chi connectivity index (χ4v) is 3.20. The SMILES string of the molecule is COc1cc(NC(=O)[C@@H]2CCCNC2)ccc1N1CCCC1=O. The maximum absolute atomic E-state index is 12.3. The summed E-state index contributed by atoms with van der Waals surface area (Å²) in [5.41, 5.74) is 1.47. The third-order valence-corrected chi connectivity index (χ3v) is 4.48. The normalized spacial score (nSPS) is 21.3. The second kappa shape index (κ2) is 7.00. The topological polar surface area (TPSA) is 70.7 Å². The van der Waals surface area contributed by atoms with Crippen LogP contribution in [0.3, 0.4) is 0 Å². The van der Waals surface area contributed by atoms with Gasteiger partial charge in [0.1, 0.15) is 5.75 Å². The lowest BCUT2D eigenvalue weighted by Crippen LogP contribution is -2.37. The molecule has 6 nitrogen and oxygen atoms in total. The molecule has 0 radical (unpaired) electrons. The van der Waals surface area contributed by atoms with Crippen LogP contribution in [-0.2, 0) is 9.59 Å². The number of hydrogen-bond acceptors (Lipinski definition) is 4. The minimum absolute atomic E-state index is 0.00887. The Labute approximate surface area is 136 Å². The van der Waals surface area contributed by atoms with Crippen LogP contribution in [0.5, 0.6) is 5.75 Å². The average Bonchev–Trinajstić information content (AvgIpc) is 3.01. The van der Waals surface area contributed by atoms with Gasteiger partial charge < -0.3 is 20.3 Å². The van der Waals surface area contributed by atoms with Crippen molar-refractivity contribution >= 4 is 23.2 Å². The van der Waals surface area contributed by atoms with Crippen molar-refractivity contribution < 1.29 is 14.3 Å². The van der Waals surface area contributed by atoms with Gasteiger partial charge in [0.25, 0.3) is 0 Å². The van der Waals surface area contributed by atoms with E-state index >= 15 is 0 Å². The molecule has 2 amide bonds. The first-order chi connectivity index (χ1) is 11.2. The molecule has 2 fully saturated rings. The lowest BCUT2D eigenvalue weighted by atomic mass is 9.99. The van der Waals surface area contributed by atoms with Gasteiger partial charge in [0, 0.05) is 31.3 Å². The van der Waals surface area contributed by atoms with Crippen molar-refractivity contribution in [3.63, 3.8) is 0 Å². The van der Waals surface area contributed by atoms with E-state index in [0.717, 1.165) is 38.0 Å². The van der Waals surface area contributed by atoms with Crippen molar-refractivity contribution in [3.05, 3.63) is 18.2 Å². The van der Waals surface area contributed by atoms with E-state index in [4.69, 9.17) is 4.74 Å². The smallest absolute Gasteiger partial charge is 0.228 e. The number of amides is 2. The zero-order valence-corrected chi connectivity index (χ0v) is 13.4. The Hall–Kier alpha value is -2.08. The van der Waals surface area contributed by atoms with E-state index in [1.54, 1.807) is 18.1 Å². The summed E-state index contributed by atoms with van der Waals surface area (Å²) in [7, 11) is 1.58. The van der Waals surface area contributed by atoms with Crippen LogP contribution in [0.2, 0.25) is 0 Å². The molecule has 124 valence electrons. The summed E-state index contributed by atoms with van der Waals surface area (Å²) in [6.07, 6.45) is 3.39. The van der Waals surface area contributed by atoms with E-state index in [1.807, 2.05) is 12.1 Å². The largest absolute Gasteiger partial charge is 0.494 e. The number of benzene rings is 1. The molecule has 2 aliphatic heterocycles. The van der Waals surface area contributed by atoms with Crippen molar-refractivity contribution in [2.45, 2.75) is 25.7 Å². The Morgan fingerprint density at radius 3 is 2.91 bits per heavy atom. The predicted octanol–water partition coefficient (Wildman–Crippen LogP) is 1.76. The zero-order chi connectivity index (χ0) is 16.2. The van der Waals surface area contributed by atoms with Crippen LogP contribution in [0.1, 0.15) is 25.7 Å². The molecule has 0 bridgehead atoms. The molecule has 0 saturated carbocycles.